The lowest BCUT2D eigenvalue weighted by Gasteiger charge is -2.28. The van der Waals surface area contributed by atoms with E-state index in [2.05, 4.69) is 0 Å². The van der Waals surface area contributed by atoms with Gasteiger partial charge in [-0.05, 0) is 24.5 Å². The van der Waals surface area contributed by atoms with Crippen molar-refractivity contribution >= 4 is 22.1 Å². The van der Waals surface area contributed by atoms with Gasteiger partial charge in [-0.2, -0.15) is 9.57 Å². The molecule has 0 spiro atoms. The summed E-state index contributed by atoms with van der Waals surface area (Å²) in [5.41, 5.74) is 0.811. The van der Waals surface area contributed by atoms with Gasteiger partial charge in [-0.1, -0.05) is 30.3 Å². The van der Waals surface area contributed by atoms with E-state index in [9.17, 15) is 13.2 Å². The summed E-state index contributed by atoms with van der Waals surface area (Å²) in [6.45, 7) is 0.277. The number of nitriles is 1. The summed E-state index contributed by atoms with van der Waals surface area (Å²) in [5, 5.41) is 9.58. The first-order valence-corrected chi connectivity index (χ1v) is 8.80. The van der Waals surface area contributed by atoms with Gasteiger partial charge in [-0.25, -0.2) is 8.42 Å². The molecule has 0 saturated carbocycles. The molecule has 0 bridgehead atoms. The Labute approximate surface area is 136 Å². The molecule has 1 aliphatic heterocycles. The van der Waals surface area contributed by atoms with Gasteiger partial charge >= 0.3 is 5.97 Å². The molecule has 2 rings (SSSR count). The van der Waals surface area contributed by atoms with Crippen LogP contribution in [0.2, 0.25) is 0 Å². The normalized spacial score (nSPS) is 17.0. The van der Waals surface area contributed by atoms with Crippen molar-refractivity contribution in [3.05, 3.63) is 41.3 Å². The quantitative estimate of drug-likeness (QED) is 0.766. The molecule has 0 aliphatic carbocycles. The molecular weight excluding hydrogens is 316 g/mol. The first-order chi connectivity index (χ1) is 11.0. The fourth-order valence-electron chi connectivity index (χ4n) is 2.38. The molecule has 0 radical (unpaired) electrons. The number of sulfonamides is 1. The summed E-state index contributed by atoms with van der Waals surface area (Å²) in [7, 11) is -3.50. The van der Waals surface area contributed by atoms with Gasteiger partial charge in [0.2, 0.25) is 10.0 Å². The van der Waals surface area contributed by atoms with Crippen LogP contribution in [0.25, 0.3) is 6.08 Å². The van der Waals surface area contributed by atoms with Crippen LogP contribution in [-0.2, 0) is 19.6 Å². The number of rotatable bonds is 5. The molecule has 1 aromatic rings. The largest absolute Gasteiger partial charge is 0.450 e. The van der Waals surface area contributed by atoms with Crippen LogP contribution in [0.4, 0.5) is 0 Å². The van der Waals surface area contributed by atoms with Crippen molar-refractivity contribution in [3.63, 3.8) is 0 Å². The first kappa shape index (κ1) is 17.2. The van der Waals surface area contributed by atoms with E-state index in [1.54, 1.807) is 12.1 Å². The topological polar surface area (TPSA) is 87.5 Å². The average Bonchev–Trinajstić information content (AvgIpc) is 2.59. The number of esters is 1. The Morgan fingerprint density at radius 1 is 1.30 bits per heavy atom. The van der Waals surface area contributed by atoms with Crippen LogP contribution in [-0.4, -0.2) is 38.4 Å². The number of carbonyl (C=O) groups is 1. The van der Waals surface area contributed by atoms with Crippen LogP contribution >= 0.6 is 0 Å². The van der Waals surface area contributed by atoms with Crippen molar-refractivity contribution in [2.45, 2.75) is 12.8 Å². The van der Waals surface area contributed by atoms with Gasteiger partial charge in [0.05, 0.1) is 5.92 Å². The maximum atomic E-state index is 12.3. The third-order valence-electron chi connectivity index (χ3n) is 3.66. The number of hydrogen-bond acceptors (Lipinski definition) is 5. The molecule has 0 atom stereocenters. The smallest absolute Gasteiger partial charge is 0.310 e. The maximum absolute atomic E-state index is 12.3. The van der Waals surface area contributed by atoms with E-state index in [1.807, 2.05) is 30.3 Å². The molecule has 0 amide bonds. The van der Waals surface area contributed by atoms with Gasteiger partial charge in [0.1, 0.15) is 6.07 Å². The third-order valence-corrected chi connectivity index (χ3v) is 5.22. The van der Waals surface area contributed by atoms with E-state index in [-0.39, 0.29) is 25.6 Å². The van der Waals surface area contributed by atoms with Crippen molar-refractivity contribution in [1.82, 2.24) is 4.31 Å². The van der Waals surface area contributed by atoms with Gasteiger partial charge in [-0.3, -0.25) is 4.79 Å². The molecule has 1 saturated heterocycles. The average molecular weight is 334 g/mol. The first-order valence-electron chi connectivity index (χ1n) is 7.30. The van der Waals surface area contributed by atoms with Crippen LogP contribution in [0.1, 0.15) is 18.4 Å². The van der Waals surface area contributed by atoms with Crippen LogP contribution in [0.5, 0.6) is 0 Å². The van der Waals surface area contributed by atoms with Crippen LogP contribution in [0.3, 0.4) is 0 Å². The zero-order valence-corrected chi connectivity index (χ0v) is 13.4. The number of nitrogens with zero attached hydrogens (tertiary/aromatic N) is 2. The predicted octanol–water partition coefficient (Wildman–Crippen LogP) is 1.77. The highest BCUT2D eigenvalue weighted by atomic mass is 32.2. The van der Waals surface area contributed by atoms with E-state index < -0.39 is 16.0 Å². The van der Waals surface area contributed by atoms with Gasteiger partial charge in [0.25, 0.3) is 0 Å². The van der Waals surface area contributed by atoms with Gasteiger partial charge in [-0.15, -0.1) is 0 Å². The lowest BCUT2D eigenvalue weighted by molar-refractivity contribution is -0.148. The molecule has 1 aliphatic rings. The Hall–Kier alpha value is -2.17. The molecule has 7 heteroatoms. The number of hydrogen-bond donors (Lipinski definition) is 0. The van der Waals surface area contributed by atoms with E-state index in [1.165, 1.54) is 9.71 Å². The fraction of sp³-hybridized carbons (Fsp3) is 0.375. The lowest BCUT2D eigenvalue weighted by atomic mass is 9.98. The summed E-state index contributed by atoms with van der Waals surface area (Å²) >= 11 is 0. The maximum Gasteiger partial charge on any atom is 0.310 e. The minimum Gasteiger partial charge on any atom is -0.450 e. The van der Waals surface area contributed by atoms with Crippen LogP contribution in [0.15, 0.2) is 35.7 Å². The van der Waals surface area contributed by atoms with Crippen LogP contribution < -0.4 is 0 Å². The monoisotopic (exact) mass is 334 g/mol. The summed E-state index contributed by atoms with van der Waals surface area (Å²) in [6.07, 6.45) is 2.37. The van der Waals surface area contributed by atoms with Crippen molar-refractivity contribution in [2.75, 3.05) is 19.7 Å². The number of ether oxygens (including phenoxy) is 1. The molecule has 1 fully saturated rings. The molecule has 1 heterocycles. The van der Waals surface area contributed by atoms with Crippen molar-refractivity contribution in [2.24, 2.45) is 5.92 Å². The number of piperidine rings is 1. The second-order valence-corrected chi connectivity index (χ2v) is 7.02. The molecule has 0 aromatic heterocycles. The number of carbonyl (C=O) groups excluding carboxylic acids is 1. The summed E-state index contributed by atoms with van der Waals surface area (Å²) < 4.78 is 30.7. The number of benzene rings is 1. The predicted molar refractivity (Wildman–Crippen MR) is 85.3 cm³/mol. The lowest BCUT2D eigenvalue weighted by Crippen LogP contribution is -2.39. The van der Waals surface area contributed by atoms with Gasteiger partial charge < -0.3 is 4.74 Å². The molecule has 6 nitrogen and oxygen atoms in total. The Morgan fingerprint density at radius 2 is 1.96 bits per heavy atom. The standard InChI is InChI=1S/C16H18N2O4S/c17-9-12-22-16(19)15-6-10-18(11-7-15)23(20,21)13-8-14-4-2-1-3-5-14/h1-5,8,13,15H,6-7,10-12H2/b13-8+. The zero-order valence-electron chi connectivity index (χ0n) is 12.6. The molecule has 1 aromatic carbocycles. The van der Waals surface area contributed by atoms with Crippen LogP contribution in [0, 0.1) is 17.2 Å². The summed E-state index contributed by atoms with van der Waals surface area (Å²) in [6, 6.07) is 10.9. The second-order valence-electron chi connectivity index (χ2n) is 5.20. The highest BCUT2D eigenvalue weighted by Gasteiger charge is 2.30. The summed E-state index contributed by atoms with van der Waals surface area (Å²) in [4.78, 5) is 11.7. The van der Waals surface area contributed by atoms with E-state index in [0.717, 1.165) is 5.56 Å². The van der Waals surface area contributed by atoms with Gasteiger partial charge in [0.15, 0.2) is 6.61 Å². The SMILES string of the molecule is N#CCOC(=O)C1CCN(S(=O)(=O)/C=C/c2ccccc2)CC1. The molecule has 0 unspecified atom stereocenters. The van der Waals surface area contributed by atoms with Crippen molar-refractivity contribution < 1.29 is 17.9 Å². The van der Waals surface area contributed by atoms with E-state index >= 15 is 0 Å². The van der Waals surface area contributed by atoms with E-state index in [4.69, 9.17) is 10.00 Å². The van der Waals surface area contributed by atoms with E-state index in [0.29, 0.717) is 12.8 Å². The second kappa shape index (κ2) is 7.90. The Kier molecular flexibility index (Phi) is 5.90. The molecular formula is C16H18N2O4S. The molecule has 0 N–H and O–H groups in total. The molecule has 122 valence electrons. The van der Waals surface area contributed by atoms with Crippen molar-refractivity contribution in [1.29, 1.82) is 5.26 Å². The van der Waals surface area contributed by atoms with Crippen molar-refractivity contribution in [3.8, 4) is 6.07 Å². The Balaban J connectivity index is 1.92. The summed E-state index contributed by atoms with van der Waals surface area (Å²) in [5.74, 6) is -0.767. The van der Waals surface area contributed by atoms with Gasteiger partial charge in [0, 0.05) is 18.5 Å². The Morgan fingerprint density at radius 3 is 2.57 bits per heavy atom. The third kappa shape index (κ3) is 4.91. The molecule has 23 heavy (non-hydrogen) atoms. The minimum absolute atomic E-state index is 0.267. The minimum atomic E-state index is -3.50. The highest BCUT2D eigenvalue weighted by molar-refractivity contribution is 7.92. The zero-order chi connectivity index (χ0) is 16.7. The highest BCUT2D eigenvalue weighted by Crippen LogP contribution is 2.21. The Bertz CT molecular complexity index is 699. The fourth-order valence-corrected chi connectivity index (χ4v) is 3.60.